The van der Waals surface area contributed by atoms with Crippen LogP contribution in [-0.4, -0.2) is 47.1 Å². The highest BCUT2D eigenvalue weighted by molar-refractivity contribution is 5.99. The lowest BCUT2D eigenvalue weighted by atomic mass is 10.1. The molecule has 0 bridgehead atoms. The van der Waals surface area contributed by atoms with Gasteiger partial charge in [0.15, 0.2) is 0 Å². The molecule has 1 heterocycles. The van der Waals surface area contributed by atoms with Gasteiger partial charge in [0.25, 0.3) is 5.91 Å². The molecule has 1 aromatic rings. The van der Waals surface area contributed by atoms with Crippen molar-refractivity contribution in [1.29, 1.82) is 0 Å². The average Bonchev–Trinajstić information content (AvgIpc) is 2.90. The summed E-state index contributed by atoms with van der Waals surface area (Å²) in [6.07, 6.45) is 0.852. The van der Waals surface area contributed by atoms with Crippen LogP contribution in [0.1, 0.15) is 44.0 Å². The topological polar surface area (TPSA) is 60.9 Å². The molecule has 22 heavy (non-hydrogen) atoms. The second-order valence-corrected chi connectivity index (χ2v) is 6.10. The second-order valence-electron chi connectivity index (χ2n) is 6.10. The molecule has 1 atom stereocenters. The van der Waals surface area contributed by atoms with Gasteiger partial charge in [-0.1, -0.05) is 6.07 Å². The van der Waals surface area contributed by atoms with Gasteiger partial charge < -0.3 is 14.9 Å². The Morgan fingerprint density at radius 2 is 2.09 bits per heavy atom. The van der Waals surface area contributed by atoms with Gasteiger partial charge in [0.05, 0.1) is 6.10 Å². The Bertz CT molecular complexity index is 555. The molecule has 120 valence electrons. The minimum Gasteiger partial charge on any atom is -0.392 e. The molecule has 5 nitrogen and oxygen atoms in total. The molecule has 0 radical (unpaired) electrons. The zero-order valence-corrected chi connectivity index (χ0v) is 13.5. The van der Waals surface area contributed by atoms with Crippen molar-refractivity contribution in [1.82, 2.24) is 4.90 Å². The maximum absolute atomic E-state index is 12.7. The van der Waals surface area contributed by atoms with Gasteiger partial charge in [0, 0.05) is 36.8 Å². The number of hydrogen-bond acceptors (Lipinski definition) is 3. The molecular formula is C17H24N2O3. The molecule has 1 N–H and O–H groups in total. The molecule has 1 aromatic carbocycles. The number of anilines is 1. The van der Waals surface area contributed by atoms with Crippen LogP contribution in [-0.2, 0) is 4.79 Å². The number of amides is 2. The first kappa shape index (κ1) is 16.5. The highest BCUT2D eigenvalue weighted by Crippen LogP contribution is 2.23. The number of carbonyl (C=O) groups is 2. The van der Waals surface area contributed by atoms with Crippen molar-refractivity contribution in [3.8, 4) is 0 Å². The largest absolute Gasteiger partial charge is 0.392 e. The van der Waals surface area contributed by atoms with Crippen LogP contribution in [0, 0.1) is 0 Å². The third-order valence-corrected chi connectivity index (χ3v) is 3.82. The van der Waals surface area contributed by atoms with E-state index in [4.69, 9.17) is 0 Å². The van der Waals surface area contributed by atoms with E-state index in [1.807, 2.05) is 19.9 Å². The van der Waals surface area contributed by atoms with Crippen molar-refractivity contribution in [2.75, 3.05) is 18.0 Å². The Balaban J connectivity index is 2.24. The zero-order chi connectivity index (χ0) is 16.3. The SMILES string of the molecule is CC(O)CN(C(=O)c1cccc(N2CCCC2=O)c1)C(C)C. The van der Waals surface area contributed by atoms with E-state index in [2.05, 4.69) is 0 Å². The first-order chi connectivity index (χ1) is 10.4. The zero-order valence-electron chi connectivity index (χ0n) is 13.5. The summed E-state index contributed by atoms with van der Waals surface area (Å²) in [4.78, 5) is 27.9. The van der Waals surface area contributed by atoms with Crippen LogP contribution in [0.4, 0.5) is 5.69 Å². The van der Waals surface area contributed by atoms with Gasteiger partial charge in [0.2, 0.25) is 5.91 Å². The van der Waals surface area contributed by atoms with E-state index in [-0.39, 0.29) is 17.9 Å². The van der Waals surface area contributed by atoms with Crippen molar-refractivity contribution in [2.45, 2.75) is 45.8 Å². The fraction of sp³-hybridized carbons (Fsp3) is 0.529. The highest BCUT2D eigenvalue weighted by Gasteiger charge is 2.24. The number of hydrogen-bond donors (Lipinski definition) is 1. The predicted molar refractivity (Wildman–Crippen MR) is 85.9 cm³/mol. The third kappa shape index (κ3) is 3.65. The van der Waals surface area contributed by atoms with E-state index in [1.54, 1.807) is 34.9 Å². The number of aliphatic hydroxyl groups excluding tert-OH is 1. The molecule has 1 aliphatic rings. The maximum atomic E-state index is 12.7. The Kier molecular flexibility index (Phi) is 5.19. The van der Waals surface area contributed by atoms with Crippen molar-refractivity contribution < 1.29 is 14.7 Å². The summed E-state index contributed by atoms with van der Waals surface area (Å²) >= 11 is 0. The quantitative estimate of drug-likeness (QED) is 0.905. The minimum absolute atomic E-state index is 0.000764. The van der Waals surface area contributed by atoms with Gasteiger partial charge in [-0.3, -0.25) is 9.59 Å². The summed E-state index contributed by atoms with van der Waals surface area (Å²) in [6, 6.07) is 7.18. The van der Waals surface area contributed by atoms with Crippen LogP contribution in [0.2, 0.25) is 0 Å². The van der Waals surface area contributed by atoms with E-state index < -0.39 is 6.10 Å². The van der Waals surface area contributed by atoms with Crippen LogP contribution < -0.4 is 4.90 Å². The van der Waals surface area contributed by atoms with Crippen LogP contribution >= 0.6 is 0 Å². The number of benzene rings is 1. The molecule has 1 fully saturated rings. The molecule has 0 aliphatic carbocycles. The van der Waals surface area contributed by atoms with Gasteiger partial charge in [-0.05, 0) is 45.4 Å². The van der Waals surface area contributed by atoms with Crippen molar-refractivity contribution in [2.24, 2.45) is 0 Å². The number of rotatable bonds is 5. The summed E-state index contributed by atoms with van der Waals surface area (Å²) in [5, 5.41) is 9.58. The fourth-order valence-electron chi connectivity index (χ4n) is 2.71. The molecule has 0 spiro atoms. The Labute approximate surface area is 131 Å². The summed E-state index contributed by atoms with van der Waals surface area (Å²) in [5.74, 6) is -0.0151. The summed E-state index contributed by atoms with van der Waals surface area (Å²) in [7, 11) is 0. The second kappa shape index (κ2) is 6.92. The van der Waals surface area contributed by atoms with Crippen LogP contribution in [0.25, 0.3) is 0 Å². The molecule has 1 unspecified atom stereocenters. The summed E-state index contributed by atoms with van der Waals surface area (Å²) in [5.41, 5.74) is 1.32. The molecule has 0 aromatic heterocycles. The molecule has 1 aliphatic heterocycles. The smallest absolute Gasteiger partial charge is 0.254 e. The third-order valence-electron chi connectivity index (χ3n) is 3.82. The van der Waals surface area contributed by atoms with Gasteiger partial charge in [-0.2, -0.15) is 0 Å². The molecular weight excluding hydrogens is 280 g/mol. The Morgan fingerprint density at radius 1 is 1.36 bits per heavy atom. The van der Waals surface area contributed by atoms with Gasteiger partial charge in [-0.15, -0.1) is 0 Å². The van der Waals surface area contributed by atoms with Gasteiger partial charge in [-0.25, -0.2) is 0 Å². The predicted octanol–water partition coefficient (Wildman–Crippen LogP) is 2.04. The maximum Gasteiger partial charge on any atom is 0.254 e. The Morgan fingerprint density at radius 3 is 2.64 bits per heavy atom. The lowest BCUT2D eigenvalue weighted by Gasteiger charge is -2.28. The highest BCUT2D eigenvalue weighted by atomic mass is 16.3. The van der Waals surface area contributed by atoms with E-state index >= 15 is 0 Å². The monoisotopic (exact) mass is 304 g/mol. The van der Waals surface area contributed by atoms with Gasteiger partial charge >= 0.3 is 0 Å². The lowest BCUT2D eigenvalue weighted by Crippen LogP contribution is -2.41. The summed E-state index contributed by atoms with van der Waals surface area (Å²) < 4.78 is 0. The fourth-order valence-corrected chi connectivity index (χ4v) is 2.71. The first-order valence-corrected chi connectivity index (χ1v) is 7.79. The first-order valence-electron chi connectivity index (χ1n) is 7.79. The average molecular weight is 304 g/mol. The molecule has 0 saturated carbocycles. The van der Waals surface area contributed by atoms with E-state index in [0.29, 0.717) is 25.1 Å². The molecule has 2 amide bonds. The standard InChI is InChI=1S/C17H24N2O3/c1-12(2)19(11-13(3)20)17(22)14-6-4-7-15(10-14)18-9-5-8-16(18)21/h4,6-7,10,12-13,20H,5,8-9,11H2,1-3H3. The van der Waals surface area contributed by atoms with E-state index in [0.717, 1.165) is 12.1 Å². The minimum atomic E-state index is -0.574. The van der Waals surface area contributed by atoms with Crippen molar-refractivity contribution >= 4 is 17.5 Å². The van der Waals surface area contributed by atoms with Crippen molar-refractivity contribution in [3.05, 3.63) is 29.8 Å². The van der Waals surface area contributed by atoms with E-state index in [9.17, 15) is 14.7 Å². The molecule has 1 saturated heterocycles. The van der Waals surface area contributed by atoms with Gasteiger partial charge in [0.1, 0.15) is 0 Å². The summed E-state index contributed by atoms with van der Waals surface area (Å²) in [6.45, 7) is 6.52. The number of aliphatic hydroxyl groups is 1. The van der Waals surface area contributed by atoms with Crippen LogP contribution in [0.15, 0.2) is 24.3 Å². The normalized spacial score (nSPS) is 16.2. The lowest BCUT2D eigenvalue weighted by molar-refractivity contribution is -0.117. The van der Waals surface area contributed by atoms with E-state index in [1.165, 1.54) is 0 Å². The van der Waals surface area contributed by atoms with Crippen molar-refractivity contribution in [3.63, 3.8) is 0 Å². The number of carbonyl (C=O) groups excluding carboxylic acids is 2. The Hall–Kier alpha value is -1.88. The number of nitrogens with zero attached hydrogens (tertiary/aromatic N) is 2. The van der Waals surface area contributed by atoms with Crippen LogP contribution in [0.3, 0.4) is 0 Å². The molecule has 5 heteroatoms. The van der Waals surface area contributed by atoms with Crippen LogP contribution in [0.5, 0.6) is 0 Å². The molecule has 2 rings (SSSR count).